The number of likely N-dealkylation sites (tertiary alicyclic amines) is 1. The summed E-state index contributed by atoms with van der Waals surface area (Å²) in [6.07, 6.45) is 4.06. The van der Waals surface area contributed by atoms with Crippen LogP contribution in [0.15, 0.2) is 97.3 Å². The summed E-state index contributed by atoms with van der Waals surface area (Å²) in [5.74, 6) is -0.0842. The first-order valence-corrected chi connectivity index (χ1v) is 17.0. The zero-order valence-electron chi connectivity index (χ0n) is 25.4. The third-order valence-electron chi connectivity index (χ3n) is 8.97. The first kappa shape index (κ1) is 29.5. The Morgan fingerprint density at radius 1 is 0.955 bits per heavy atom. The second kappa shape index (κ2) is 11.9. The summed E-state index contributed by atoms with van der Waals surface area (Å²) in [5.41, 5.74) is 0.631. The van der Waals surface area contributed by atoms with Crippen LogP contribution >= 0.6 is 0 Å². The zero-order valence-corrected chi connectivity index (χ0v) is 26.4. The van der Waals surface area contributed by atoms with E-state index >= 15 is 0 Å². The molecule has 0 N–H and O–H groups in total. The van der Waals surface area contributed by atoms with Crippen LogP contribution in [0.2, 0.25) is 5.04 Å². The summed E-state index contributed by atoms with van der Waals surface area (Å²) in [6, 6.07) is 29.6. The van der Waals surface area contributed by atoms with Gasteiger partial charge < -0.3 is 14.2 Å². The molecule has 9 heteroatoms. The maximum absolute atomic E-state index is 13.8. The fourth-order valence-electron chi connectivity index (χ4n) is 6.83. The average Bonchev–Trinajstić information content (AvgIpc) is 3.66. The molecule has 1 unspecified atom stereocenters. The van der Waals surface area contributed by atoms with E-state index in [1.165, 1.54) is 0 Å². The number of benzene rings is 3. The maximum Gasteiger partial charge on any atom is 0.326 e. The Bertz CT molecular complexity index is 1660. The summed E-state index contributed by atoms with van der Waals surface area (Å²) in [5, 5.41) is 13.8. The van der Waals surface area contributed by atoms with Crippen molar-refractivity contribution in [3.05, 3.63) is 97.3 Å². The van der Waals surface area contributed by atoms with Gasteiger partial charge in [-0.3, -0.25) is 14.7 Å². The van der Waals surface area contributed by atoms with Gasteiger partial charge in [-0.05, 0) is 21.8 Å². The van der Waals surface area contributed by atoms with Crippen LogP contribution in [0.25, 0.3) is 10.8 Å². The molecule has 0 spiro atoms. The fourth-order valence-corrected chi connectivity index (χ4v) is 11.3. The second-order valence-electron chi connectivity index (χ2n) is 12.6. The molecule has 2 saturated heterocycles. The van der Waals surface area contributed by atoms with Gasteiger partial charge in [-0.2, -0.15) is 5.26 Å². The van der Waals surface area contributed by atoms with Crippen LogP contribution in [-0.2, 0) is 9.22 Å². The summed E-state index contributed by atoms with van der Waals surface area (Å²) < 4.78 is 6.88. The Morgan fingerprint density at radius 3 is 2.23 bits per heavy atom. The van der Waals surface area contributed by atoms with E-state index < -0.39 is 14.4 Å². The number of urea groups is 1. The molecule has 8 nitrogen and oxygen atoms in total. The lowest BCUT2D eigenvalue weighted by Crippen LogP contribution is -2.67. The molecule has 2 aliphatic heterocycles. The highest BCUT2D eigenvalue weighted by Crippen LogP contribution is 2.37. The second-order valence-corrected chi connectivity index (χ2v) is 16.9. The van der Waals surface area contributed by atoms with Crippen molar-refractivity contribution in [1.29, 1.82) is 5.26 Å². The number of carbonyl (C=O) groups is 2. The highest BCUT2D eigenvalue weighted by molar-refractivity contribution is 6.99. The van der Waals surface area contributed by atoms with E-state index in [1.807, 2.05) is 60.7 Å². The fraction of sp³-hybridized carbons (Fsp3) is 0.314. The first-order chi connectivity index (χ1) is 21.2. The van der Waals surface area contributed by atoms with Crippen molar-refractivity contribution < 1.29 is 14.0 Å². The quantitative estimate of drug-likeness (QED) is 0.289. The van der Waals surface area contributed by atoms with E-state index in [-0.39, 0.29) is 36.2 Å². The van der Waals surface area contributed by atoms with Crippen LogP contribution in [0, 0.1) is 11.3 Å². The third-order valence-corrected chi connectivity index (χ3v) is 14.0. The monoisotopic (exact) mass is 603 g/mol. The van der Waals surface area contributed by atoms with Crippen molar-refractivity contribution in [2.75, 3.05) is 31.1 Å². The molecule has 1 aromatic heterocycles. The molecule has 0 saturated carbocycles. The van der Waals surface area contributed by atoms with E-state index in [2.05, 4.69) is 56.1 Å². The predicted octanol–water partition coefficient (Wildman–Crippen LogP) is 4.55. The molecule has 224 valence electrons. The number of nitriles is 1. The Kier molecular flexibility index (Phi) is 7.97. The largest absolute Gasteiger partial charge is 0.398 e. The number of amides is 3. The molecule has 0 radical (unpaired) electrons. The molecule has 44 heavy (non-hydrogen) atoms. The van der Waals surface area contributed by atoms with Crippen molar-refractivity contribution in [2.24, 2.45) is 0 Å². The number of hydrogen-bond acceptors (Lipinski definition) is 5. The van der Waals surface area contributed by atoms with Gasteiger partial charge in [0.25, 0.3) is 8.32 Å². The molecule has 3 heterocycles. The van der Waals surface area contributed by atoms with Gasteiger partial charge in [-0.25, -0.2) is 4.79 Å². The van der Waals surface area contributed by atoms with Crippen LogP contribution in [0.4, 0.5) is 10.5 Å². The van der Waals surface area contributed by atoms with Gasteiger partial charge in [0.2, 0.25) is 5.91 Å². The molecular formula is C35H37N5O3Si. The molecular weight excluding hydrogens is 567 g/mol. The number of nitrogens with zero attached hydrogens (tertiary/aromatic N) is 5. The van der Waals surface area contributed by atoms with E-state index in [1.54, 1.807) is 27.1 Å². The molecule has 2 atom stereocenters. The van der Waals surface area contributed by atoms with Gasteiger partial charge in [0, 0.05) is 30.1 Å². The van der Waals surface area contributed by atoms with Gasteiger partial charge in [-0.15, -0.1) is 0 Å². The standard InChI is InChI=1S/C35H37N5O3Si/c1-35(2,3)44(29-13-6-4-7-14-29,30-15-8-5-9-16-30)43-25-33(41)38-19-18-27(23-38)39-24-28(20-36)40(34(39)42)32-22-37-21-26-12-10-11-17-31(26)32/h4-17,21-22,27-28H,18-19,23-25H2,1-3H3/t27-,28?/m1/s1. The van der Waals surface area contributed by atoms with Crippen molar-refractivity contribution in [2.45, 2.75) is 44.3 Å². The van der Waals surface area contributed by atoms with Crippen molar-refractivity contribution >= 4 is 47.1 Å². The Balaban J connectivity index is 1.20. The maximum atomic E-state index is 13.8. The summed E-state index contributed by atoms with van der Waals surface area (Å²) >= 11 is 0. The van der Waals surface area contributed by atoms with Gasteiger partial charge in [0.15, 0.2) is 0 Å². The lowest BCUT2D eigenvalue weighted by atomic mass is 10.1. The lowest BCUT2D eigenvalue weighted by molar-refractivity contribution is -0.132. The van der Waals surface area contributed by atoms with Gasteiger partial charge >= 0.3 is 6.03 Å². The highest BCUT2D eigenvalue weighted by Gasteiger charge is 2.51. The average molecular weight is 604 g/mol. The van der Waals surface area contributed by atoms with E-state index in [4.69, 9.17) is 4.43 Å². The molecule has 4 aromatic rings. The molecule has 2 aliphatic rings. The molecule has 0 bridgehead atoms. The summed E-state index contributed by atoms with van der Waals surface area (Å²) in [6.45, 7) is 7.76. The van der Waals surface area contributed by atoms with Crippen LogP contribution in [0.3, 0.4) is 0 Å². The minimum Gasteiger partial charge on any atom is -0.398 e. The number of carbonyl (C=O) groups excluding carboxylic acids is 2. The molecule has 2 fully saturated rings. The van der Waals surface area contributed by atoms with Gasteiger partial charge in [0.1, 0.15) is 12.6 Å². The Hall–Kier alpha value is -4.52. The van der Waals surface area contributed by atoms with Crippen molar-refractivity contribution in [1.82, 2.24) is 14.8 Å². The molecule has 0 aliphatic carbocycles. The topological polar surface area (TPSA) is 89.8 Å². The Labute approximate surface area is 259 Å². The van der Waals surface area contributed by atoms with Crippen molar-refractivity contribution in [3.8, 4) is 6.07 Å². The van der Waals surface area contributed by atoms with E-state index in [9.17, 15) is 14.9 Å². The van der Waals surface area contributed by atoms with Gasteiger partial charge in [-0.1, -0.05) is 106 Å². The number of hydrogen-bond donors (Lipinski definition) is 0. The van der Waals surface area contributed by atoms with Crippen LogP contribution in [0.1, 0.15) is 27.2 Å². The Morgan fingerprint density at radius 2 is 1.59 bits per heavy atom. The smallest absolute Gasteiger partial charge is 0.326 e. The lowest BCUT2D eigenvalue weighted by Gasteiger charge is -2.43. The summed E-state index contributed by atoms with van der Waals surface area (Å²) in [7, 11) is -2.86. The number of aromatic nitrogens is 1. The SMILES string of the molecule is CC(C)(C)[Si](OCC(=O)N1CC[C@@H](N2CC(C#N)N(c3cncc4ccccc34)C2=O)C1)(c1ccccc1)c1ccccc1. The number of pyridine rings is 1. The molecule has 6 rings (SSSR count). The van der Waals surface area contributed by atoms with Gasteiger partial charge in [0.05, 0.1) is 30.5 Å². The number of fused-ring (bicyclic) bond motifs is 1. The molecule has 3 amide bonds. The van der Waals surface area contributed by atoms with Crippen LogP contribution in [0.5, 0.6) is 0 Å². The predicted molar refractivity (Wildman–Crippen MR) is 174 cm³/mol. The van der Waals surface area contributed by atoms with Crippen LogP contribution in [-0.4, -0.2) is 73.4 Å². The zero-order chi connectivity index (χ0) is 30.9. The van der Waals surface area contributed by atoms with Crippen LogP contribution < -0.4 is 15.3 Å². The van der Waals surface area contributed by atoms with E-state index in [0.29, 0.717) is 25.2 Å². The third kappa shape index (κ3) is 5.14. The van der Waals surface area contributed by atoms with E-state index in [0.717, 1.165) is 21.1 Å². The normalized spacial score (nSPS) is 19.0. The first-order valence-electron chi connectivity index (χ1n) is 15.1. The highest BCUT2D eigenvalue weighted by atomic mass is 28.4. The molecule has 3 aromatic carbocycles. The number of anilines is 1. The minimum atomic E-state index is -2.86. The van der Waals surface area contributed by atoms with Crippen molar-refractivity contribution in [3.63, 3.8) is 0 Å². The summed E-state index contributed by atoms with van der Waals surface area (Å²) in [4.78, 5) is 37.0. The number of rotatable bonds is 7. The minimum absolute atomic E-state index is 0.0391.